The predicted octanol–water partition coefficient (Wildman–Crippen LogP) is 2.80. The van der Waals surface area contributed by atoms with Crippen molar-refractivity contribution in [3.05, 3.63) is 46.7 Å². The van der Waals surface area contributed by atoms with E-state index in [-0.39, 0.29) is 17.7 Å². The van der Waals surface area contributed by atoms with Crippen LogP contribution in [0.2, 0.25) is 0 Å². The van der Waals surface area contributed by atoms with Crippen LogP contribution in [-0.2, 0) is 4.79 Å². The number of alkyl halides is 3. The average molecular weight is 312 g/mol. The Hall–Kier alpha value is -2.31. The first-order valence-electron chi connectivity index (χ1n) is 6.75. The van der Waals surface area contributed by atoms with Gasteiger partial charge in [0, 0.05) is 16.8 Å². The highest BCUT2D eigenvalue weighted by atomic mass is 19.4. The van der Waals surface area contributed by atoms with E-state index in [1.165, 1.54) is 0 Å². The van der Waals surface area contributed by atoms with Crippen LogP contribution in [0.5, 0.6) is 0 Å². The number of allylic oxidation sites excluding steroid dienone is 2. The summed E-state index contributed by atoms with van der Waals surface area (Å²) in [6, 6.07) is 6.72. The number of hydrazine groups is 1. The zero-order valence-electron chi connectivity index (χ0n) is 11.9. The molecule has 1 amide bonds. The summed E-state index contributed by atoms with van der Waals surface area (Å²) in [5.41, 5.74) is 5.97. The van der Waals surface area contributed by atoms with Crippen molar-refractivity contribution in [2.45, 2.75) is 32.4 Å². The molecule has 118 valence electrons. The number of hydrogen-bond donors (Lipinski definition) is 2. The van der Waals surface area contributed by atoms with E-state index in [4.69, 9.17) is 0 Å². The largest absolute Gasteiger partial charge is 0.454 e. The van der Waals surface area contributed by atoms with Crippen LogP contribution in [0, 0.1) is 6.92 Å². The van der Waals surface area contributed by atoms with Gasteiger partial charge in [0.2, 0.25) is 0 Å². The monoisotopic (exact) mass is 312 g/mol. The Morgan fingerprint density at radius 3 is 2.32 bits per heavy atom. The summed E-state index contributed by atoms with van der Waals surface area (Å²) in [4.78, 5) is 23.2. The SMILES string of the molecule is Cc1ccc(C(=O)NNC2=C(C(=O)C(F)(F)F)CCC2)cc1. The molecule has 1 aliphatic rings. The minimum Gasteiger partial charge on any atom is -0.302 e. The Morgan fingerprint density at radius 2 is 1.73 bits per heavy atom. The third-order valence-electron chi connectivity index (χ3n) is 3.39. The minimum absolute atomic E-state index is 0.0566. The molecule has 0 atom stereocenters. The maximum Gasteiger partial charge on any atom is 0.454 e. The smallest absolute Gasteiger partial charge is 0.302 e. The standard InChI is InChI=1S/C15H15F3N2O2/c1-9-5-7-10(8-6-9)14(22)20-19-12-4-2-3-11(12)13(21)15(16,17)18/h5-8,19H,2-4H2,1H3,(H,20,22). The zero-order valence-corrected chi connectivity index (χ0v) is 11.9. The molecule has 1 aliphatic carbocycles. The average Bonchev–Trinajstić information content (AvgIpc) is 2.91. The minimum atomic E-state index is -4.90. The molecule has 4 nitrogen and oxygen atoms in total. The van der Waals surface area contributed by atoms with Crippen LogP contribution < -0.4 is 10.9 Å². The quantitative estimate of drug-likeness (QED) is 0.841. The summed E-state index contributed by atoms with van der Waals surface area (Å²) in [5, 5.41) is 0. The molecule has 0 heterocycles. The molecule has 2 rings (SSSR count). The van der Waals surface area contributed by atoms with E-state index in [2.05, 4.69) is 10.9 Å². The number of halogens is 3. The molecule has 0 spiro atoms. The molecule has 0 aliphatic heterocycles. The van der Waals surface area contributed by atoms with Crippen molar-refractivity contribution < 1.29 is 22.8 Å². The van der Waals surface area contributed by atoms with Crippen molar-refractivity contribution in [1.82, 2.24) is 10.9 Å². The van der Waals surface area contributed by atoms with Crippen LogP contribution in [0.25, 0.3) is 0 Å². The maximum atomic E-state index is 12.5. The van der Waals surface area contributed by atoms with Crippen LogP contribution in [0.1, 0.15) is 35.2 Å². The van der Waals surface area contributed by atoms with Gasteiger partial charge in [-0.25, -0.2) is 0 Å². The molecule has 0 fully saturated rings. The van der Waals surface area contributed by atoms with Crippen molar-refractivity contribution in [1.29, 1.82) is 0 Å². The van der Waals surface area contributed by atoms with E-state index < -0.39 is 17.9 Å². The number of carbonyl (C=O) groups is 2. The fourth-order valence-electron chi connectivity index (χ4n) is 2.21. The number of nitrogens with one attached hydrogen (secondary N) is 2. The van der Waals surface area contributed by atoms with E-state index in [0.29, 0.717) is 18.4 Å². The summed E-state index contributed by atoms with van der Waals surface area (Å²) >= 11 is 0. The van der Waals surface area contributed by atoms with Crippen molar-refractivity contribution in [3.63, 3.8) is 0 Å². The Bertz CT molecular complexity index is 619. The summed E-state index contributed by atoms with van der Waals surface area (Å²) in [6.07, 6.45) is -4.10. The van der Waals surface area contributed by atoms with Gasteiger partial charge in [0.1, 0.15) is 0 Å². The Balaban J connectivity index is 2.05. The molecule has 0 unspecified atom stereocenters. The number of carbonyl (C=O) groups excluding carboxylic acids is 2. The molecule has 0 saturated carbocycles. The fraction of sp³-hybridized carbons (Fsp3) is 0.333. The molecular weight excluding hydrogens is 297 g/mol. The van der Waals surface area contributed by atoms with E-state index in [0.717, 1.165) is 5.56 Å². The summed E-state index contributed by atoms with van der Waals surface area (Å²) in [7, 11) is 0. The number of hydrogen-bond acceptors (Lipinski definition) is 3. The summed E-state index contributed by atoms with van der Waals surface area (Å²) in [5.74, 6) is -2.32. The van der Waals surface area contributed by atoms with Crippen molar-refractivity contribution in [2.24, 2.45) is 0 Å². The molecule has 0 aromatic heterocycles. The van der Waals surface area contributed by atoms with Crippen molar-refractivity contribution in [3.8, 4) is 0 Å². The number of aryl methyl sites for hydroxylation is 1. The van der Waals surface area contributed by atoms with Gasteiger partial charge in [-0.1, -0.05) is 17.7 Å². The van der Waals surface area contributed by atoms with Crippen LogP contribution in [0.15, 0.2) is 35.5 Å². The highest BCUT2D eigenvalue weighted by molar-refractivity contribution is 6.00. The van der Waals surface area contributed by atoms with E-state index in [1.807, 2.05) is 6.92 Å². The molecule has 0 bridgehead atoms. The van der Waals surface area contributed by atoms with Crippen LogP contribution >= 0.6 is 0 Å². The highest BCUT2D eigenvalue weighted by Gasteiger charge is 2.42. The highest BCUT2D eigenvalue weighted by Crippen LogP contribution is 2.30. The van der Waals surface area contributed by atoms with Gasteiger partial charge in [-0.2, -0.15) is 13.2 Å². The van der Waals surface area contributed by atoms with Crippen molar-refractivity contribution in [2.75, 3.05) is 0 Å². The van der Waals surface area contributed by atoms with E-state index >= 15 is 0 Å². The topological polar surface area (TPSA) is 58.2 Å². The van der Waals surface area contributed by atoms with Gasteiger partial charge in [-0.15, -0.1) is 0 Å². The Morgan fingerprint density at radius 1 is 1.09 bits per heavy atom. The molecular formula is C15H15F3N2O2. The summed E-state index contributed by atoms with van der Waals surface area (Å²) < 4.78 is 37.4. The number of ketones is 1. The molecule has 0 radical (unpaired) electrons. The summed E-state index contributed by atoms with van der Waals surface area (Å²) in [6.45, 7) is 1.87. The number of amides is 1. The number of rotatable bonds is 4. The fourth-order valence-corrected chi connectivity index (χ4v) is 2.21. The van der Waals surface area contributed by atoms with Gasteiger partial charge < -0.3 is 5.43 Å². The molecule has 1 aromatic rings. The molecule has 22 heavy (non-hydrogen) atoms. The van der Waals surface area contributed by atoms with Gasteiger partial charge in [0.05, 0.1) is 0 Å². The third kappa shape index (κ3) is 3.66. The van der Waals surface area contributed by atoms with Gasteiger partial charge in [0.15, 0.2) is 0 Å². The second-order valence-corrected chi connectivity index (χ2v) is 5.08. The van der Waals surface area contributed by atoms with Crippen LogP contribution in [0.3, 0.4) is 0 Å². The Kier molecular flexibility index (Phi) is 4.54. The normalized spacial score (nSPS) is 14.9. The molecule has 0 saturated heterocycles. The lowest BCUT2D eigenvalue weighted by molar-refractivity contribution is -0.166. The number of Topliss-reactive ketones (excluding diaryl/α,β-unsaturated/α-hetero) is 1. The molecule has 7 heteroatoms. The zero-order chi connectivity index (χ0) is 16.3. The van der Waals surface area contributed by atoms with E-state index in [9.17, 15) is 22.8 Å². The lowest BCUT2D eigenvalue weighted by Crippen LogP contribution is -2.38. The second kappa shape index (κ2) is 6.21. The lowest BCUT2D eigenvalue weighted by Gasteiger charge is -2.12. The molecule has 2 N–H and O–H groups in total. The van der Waals surface area contributed by atoms with Gasteiger partial charge >= 0.3 is 6.18 Å². The lowest BCUT2D eigenvalue weighted by atomic mass is 10.1. The number of benzene rings is 1. The predicted molar refractivity (Wildman–Crippen MR) is 73.7 cm³/mol. The second-order valence-electron chi connectivity index (χ2n) is 5.08. The van der Waals surface area contributed by atoms with Gasteiger partial charge in [0.25, 0.3) is 11.7 Å². The van der Waals surface area contributed by atoms with Gasteiger partial charge in [-0.05, 0) is 38.3 Å². The first kappa shape index (κ1) is 16.1. The third-order valence-corrected chi connectivity index (χ3v) is 3.39. The maximum absolute atomic E-state index is 12.5. The van der Waals surface area contributed by atoms with E-state index in [1.54, 1.807) is 24.3 Å². The first-order valence-corrected chi connectivity index (χ1v) is 6.75. The molecule has 1 aromatic carbocycles. The van der Waals surface area contributed by atoms with Crippen LogP contribution in [-0.4, -0.2) is 17.9 Å². The first-order chi connectivity index (χ1) is 10.3. The van der Waals surface area contributed by atoms with Crippen LogP contribution in [0.4, 0.5) is 13.2 Å². The Labute approximate surface area is 125 Å². The van der Waals surface area contributed by atoms with Gasteiger partial charge in [-0.3, -0.25) is 15.0 Å². The van der Waals surface area contributed by atoms with Crippen molar-refractivity contribution >= 4 is 11.7 Å².